The van der Waals surface area contributed by atoms with Crippen LogP contribution in [0.15, 0.2) is 24.4 Å². The number of hydroxylamine groups is 1. The summed E-state index contributed by atoms with van der Waals surface area (Å²) in [6.07, 6.45) is 1.44. The molecule has 2 rings (SSSR count). The molecule has 0 aliphatic rings. The number of pyridine rings is 1. The van der Waals surface area contributed by atoms with E-state index in [1.165, 1.54) is 17.7 Å². The lowest BCUT2D eigenvalue weighted by Gasteiger charge is -2.06. The van der Waals surface area contributed by atoms with E-state index in [1.807, 2.05) is 0 Å². The quantitative estimate of drug-likeness (QED) is 0.609. The van der Waals surface area contributed by atoms with Gasteiger partial charge in [0.05, 0.1) is 5.02 Å². The van der Waals surface area contributed by atoms with Crippen molar-refractivity contribution in [2.45, 2.75) is 0 Å². The predicted octanol–water partition coefficient (Wildman–Crippen LogP) is 2.66. The summed E-state index contributed by atoms with van der Waals surface area (Å²) >= 11 is 11.8. The highest BCUT2D eigenvalue weighted by atomic mass is 35.5. The number of nitrogens with one attached hydrogen (secondary N) is 1. The molecule has 0 spiro atoms. The van der Waals surface area contributed by atoms with Crippen molar-refractivity contribution in [1.82, 2.24) is 10.5 Å². The molecule has 0 aliphatic carbocycles. The van der Waals surface area contributed by atoms with Crippen LogP contribution in [-0.4, -0.2) is 16.1 Å². The predicted molar refractivity (Wildman–Crippen MR) is 61.0 cm³/mol. The van der Waals surface area contributed by atoms with Crippen LogP contribution in [0.5, 0.6) is 0 Å². The standard InChI is InChI=1S/C10H6Cl2N2O2/c11-6-3-5-1-2-13-9(10(15)14-16)8(5)7(12)4-6/h1-4,16H,(H,14,15). The number of hydrogen-bond acceptors (Lipinski definition) is 3. The maximum atomic E-state index is 11.3. The molecule has 0 aliphatic heterocycles. The SMILES string of the molecule is O=C(NO)c1nccc2cc(Cl)cc(Cl)c12. The molecule has 6 heteroatoms. The van der Waals surface area contributed by atoms with Crippen molar-refractivity contribution in [2.75, 3.05) is 0 Å². The van der Waals surface area contributed by atoms with Gasteiger partial charge >= 0.3 is 0 Å². The smallest absolute Gasteiger partial charge is 0.288 e. The Hall–Kier alpha value is -1.36. The number of amides is 1. The number of aromatic nitrogens is 1. The van der Waals surface area contributed by atoms with Crippen LogP contribution in [0.1, 0.15) is 10.5 Å². The molecule has 0 saturated carbocycles. The molecular formula is C10H6Cl2N2O2. The van der Waals surface area contributed by atoms with Gasteiger partial charge < -0.3 is 0 Å². The lowest BCUT2D eigenvalue weighted by molar-refractivity contribution is 0.0703. The molecule has 0 radical (unpaired) electrons. The number of carbonyl (C=O) groups is 1. The van der Waals surface area contributed by atoms with Crippen molar-refractivity contribution < 1.29 is 10.0 Å². The summed E-state index contributed by atoms with van der Waals surface area (Å²) in [7, 11) is 0. The van der Waals surface area contributed by atoms with Crippen molar-refractivity contribution >= 4 is 39.9 Å². The third-order valence-corrected chi connectivity index (χ3v) is 2.61. The second-order valence-electron chi connectivity index (χ2n) is 3.09. The molecule has 2 N–H and O–H groups in total. The fourth-order valence-corrected chi connectivity index (χ4v) is 2.06. The lowest BCUT2D eigenvalue weighted by atomic mass is 10.1. The number of rotatable bonds is 1. The number of hydrogen-bond donors (Lipinski definition) is 2. The van der Waals surface area contributed by atoms with E-state index in [0.29, 0.717) is 20.8 Å². The van der Waals surface area contributed by atoms with E-state index in [2.05, 4.69) is 4.98 Å². The van der Waals surface area contributed by atoms with Gasteiger partial charge in [0.1, 0.15) is 5.69 Å². The molecule has 0 fully saturated rings. The first-order valence-corrected chi connectivity index (χ1v) is 5.07. The maximum absolute atomic E-state index is 11.3. The van der Waals surface area contributed by atoms with Crippen LogP contribution < -0.4 is 5.48 Å². The molecule has 2 aromatic rings. The van der Waals surface area contributed by atoms with E-state index in [-0.39, 0.29) is 5.69 Å². The average molecular weight is 257 g/mol. The van der Waals surface area contributed by atoms with Crippen LogP contribution in [-0.2, 0) is 0 Å². The van der Waals surface area contributed by atoms with E-state index < -0.39 is 5.91 Å². The number of halogens is 2. The van der Waals surface area contributed by atoms with E-state index in [9.17, 15) is 4.79 Å². The van der Waals surface area contributed by atoms with E-state index in [1.54, 1.807) is 12.1 Å². The molecule has 0 bridgehead atoms. The fraction of sp³-hybridized carbons (Fsp3) is 0. The molecule has 1 aromatic heterocycles. The zero-order chi connectivity index (χ0) is 11.7. The Morgan fingerprint density at radius 1 is 1.38 bits per heavy atom. The molecule has 1 amide bonds. The van der Waals surface area contributed by atoms with Crippen LogP contribution >= 0.6 is 23.2 Å². The summed E-state index contributed by atoms with van der Waals surface area (Å²) in [6.45, 7) is 0. The fourth-order valence-electron chi connectivity index (χ4n) is 1.46. The van der Waals surface area contributed by atoms with Crippen molar-refractivity contribution in [3.63, 3.8) is 0 Å². The van der Waals surface area contributed by atoms with Gasteiger partial charge in [-0.15, -0.1) is 0 Å². The summed E-state index contributed by atoms with van der Waals surface area (Å²) in [6, 6.07) is 4.86. The van der Waals surface area contributed by atoms with Crippen molar-refractivity contribution in [2.24, 2.45) is 0 Å². The third kappa shape index (κ3) is 1.82. The minimum absolute atomic E-state index is 0.0571. The molecule has 0 unspecified atom stereocenters. The molecule has 16 heavy (non-hydrogen) atoms. The first-order valence-electron chi connectivity index (χ1n) is 4.31. The summed E-state index contributed by atoms with van der Waals surface area (Å²) in [5, 5.41) is 10.5. The largest absolute Gasteiger partial charge is 0.293 e. The van der Waals surface area contributed by atoms with Crippen molar-refractivity contribution in [3.8, 4) is 0 Å². The van der Waals surface area contributed by atoms with Gasteiger partial charge in [-0.05, 0) is 23.6 Å². The van der Waals surface area contributed by atoms with Gasteiger partial charge in [-0.2, -0.15) is 0 Å². The Morgan fingerprint density at radius 2 is 2.12 bits per heavy atom. The number of carbonyl (C=O) groups excluding carboxylic acids is 1. The second kappa shape index (κ2) is 4.25. The first kappa shape index (κ1) is 11.1. The normalized spacial score (nSPS) is 10.4. The van der Waals surface area contributed by atoms with Crippen LogP contribution in [0.2, 0.25) is 10.0 Å². The molecule has 82 valence electrons. The Morgan fingerprint density at radius 3 is 2.81 bits per heavy atom. The summed E-state index contributed by atoms with van der Waals surface area (Å²) in [5.41, 5.74) is 1.58. The summed E-state index contributed by atoms with van der Waals surface area (Å²) in [5.74, 6) is -0.713. The topological polar surface area (TPSA) is 62.2 Å². The lowest BCUT2D eigenvalue weighted by Crippen LogP contribution is -2.20. The minimum Gasteiger partial charge on any atom is -0.288 e. The van der Waals surface area contributed by atoms with E-state index in [4.69, 9.17) is 28.4 Å². The Balaban J connectivity index is 2.81. The van der Waals surface area contributed by atoms with Crippen LogP contribution in [0, 0.1) is 0 Å². The maximum Gasteiger partial charge on any atom is 0.293 e. The van der Waals surface area contributed by atoms with Crippen LogP contribution in [0.4, 0.5) is 0 Å². The summed E-state index contributed by atoms with van der Waals surface area (Å²) in [4.78, 5) is 15.2. The van der Waals surface area contributed by atoms with Gasteiger partial charge in [0.2, 0.25) is 0 Å². The van der Waals surface area contributed by atoms with Gasteiger partial charge in [0.15, 0.2) is 0 Å². The van der Waals surface area contributed by atoms with Gasteiger partial charge in [-0.1, -0.05) is 23.2 Å². The highest BCUT2D eigenvalue weighted by Gasteiger charge is 2.13. The molecule has 1 heterocycles. The van der Waals surface area contributed by atoms with E-state index in [0.717, 1.165) is 0 Å². The molecule has 1 aromatic carbocycles. The molecule has 0 atom stereocenters. The average Bonchev–Trinajstić information content (AvgIpc) is 2.26. The minimum atomic E-state index is -0.713. The highest BCUT2D eigenvalue weighted by molar-refractivity contribution is 6.39. The zero-order valence-corrected chi connectivity index (χ0v) is 9.38. The van der Waals surface area contributed by atoms with E-state index >= 15 is 0 Å². The zero-order valence-electron chi connectivity index (χ0n) is 7.87. The van der Waals surface area contributed by atoms with Crippen LogP contribution in [0.25, 0.3) is 10.8 Å². The highest BCUT2D eigenvalue weighted by Crippen LogP contribution is 2.29. The van der Waals surface area contributed by atoms with Crippen molar-refractivity contribution in [3.05, 3.63) is 40.1 Å². The van der Waals surface area contributed by atoms with Gasteiger partial charge in [0.25, 0.3) is 5.91 Å². The molecule has 0 saturated heterocycles. The Bertz CT molecular complexity index is 572. The first-order chi connectivity index (χ1) is 7.63. The van der Waals surface area contributed by atoms with Gasteiger partial charge in [-0.25, -0.2) is 5.48 Å². The van der Waals surface area contributed by atoms with Crippen molar-refractivity contribution in [1.29, 1.82) is 0 Å². The number of fused-ring (bicyclic) bond motifs is 1. The van der Waals surface area contributed by atoms with Crippen LogP contribution in [0.3, 0.4) is 0 Å². The summed E-state index contributed by atoms with van der Waals surface area (Å²) < 4.78 is 0. The second-order valence-corrected chi connectivity index (χ2v) is 3.93. The number of nitrogens with zero attached hydrogens (tertiary/aromatic N) is 1. The number of benzene rings is 1. The Kier molecular flexibility index (Phi) is 2.96. The third-order valence-electron chi connectivity index (χ3n) is 2.10. The van der Waals surface area contributed by atoms with Gasteiger partial charge in [-0.3, -0.25) is 15.0 Å². The monoisotopic (exact) mass is 256 g/mol. The Labute approximate surface area is 101 Å². The van der Waals surface area contributed by atoms with Gasteiger partial charge in [0, 0.05) is 16.6 Å². The molecular weight excluding hydrogens is 251 g/mol. The molecule has 4 nitrogen and oxygen atoms in total.